The highest BCUT2D eigenvalue weighted by Gasteiger charge is 2.29. The summed E-state index contributed by atoms with van der Waals surface area (Å²) in [7, 11) is 0. The monoisotopic (exact) mass is 286 g/mol. The van der Waals surface area contributed by atoms with Crippen LogP contribution in [0.15, 0.2) is 9.59 Å². The second-order valence-corrected chi connectivity index (χ2v) is 5.28. The lowest BCUT2D eigenvalue weighted by atomic mass is 10.4. The average Bonchev–Trinajstić information content (AvgIpc) is 3.20. The molecule has 1 N–H and O–H groups in total. The summed E-state index contributed by atoms with van der Waals surface area (Å²) in [5.41, 5.74) is 0.278. The van der Waals surface area contributed by atoms with E-state index in [2.05, 4.69) is 21.8 Å². The van der Waals surface area contributed by atoms with Gasteiger partial charge in [-0.3, -0.25) is 13.9 Å². The van der Waals surface area contributed by atoms with Gasteiger partial charge in [0.05, 0.1) is 0 Å². The lowest BCUT2D eigenvalue weighted by molar-refractivity contribution is 0.571. The summed E-state index contributed by atoms with van der Waals surface area (Å²) in [6.45, 7) is 4.49. The van der Waals surface area contributed by atoms with Gasteiger partial charge < -0.3 is 4.98 Å². The van der Waals surface area contributed by atoms with Gasteiger partial charge >= 0.3 is 5.69 Å². The standard InChI is InChI=1S/C15H18N4O2/c1-3-5-6-11-16-12-13(17-11)18(9-4-2)15(21)19(14(12)20)10-7-8-10/h10H,3-4,7-9H2,1-2H3,(H,16,17). The minimum absolute atomic E-state index is 0.0472. The Morgan fingerprint density at radius 1 is 1.33 bits per heavy atom. The Morgan fingerprint density at radius 2 is 2.10 bits per heavy atom. The normalized spacial score (nSPS) is 14.2. The first kappa shape index (κ1) is 13.7. The third-order valence-electron chi connectivity index (χ3n) is 3.55. The first-order valence-corrected chi connectivity index (χ1v) is 7.41. The second kappa shape index (κ2) is 5.24. The number of H-pyrrole nitrogens is 1. The zero-order chi connectivity index (χ0) is 15.0. The highest BCUT2D eigenvalue weighted by atomic mass is 16.2. The van der Waals surface area contributed by atoms with E-state index in [1.165, 1.54) is 4.57 Å². The Bertz CT molecular complexity index is 856. The molecule has 110 valence electrons. The van der Waals surface area contributed by atoms with E-state index < -0.39 is 0 Å². The maximum atomic E-state index is 12.5. The molecule has 0 saturated heterocycles. The molecule has 0 atom stereocenters. The molecule has 21 heavy (non-hydrogen) atoms. The summed E-state index contributed by atoms with van der Waals surface area (Å²) in [6, 6.07) is 0.0472. The Hall–Kier alpha value is -2.29. The summed E-state index contributed by atoms with van der Waals surface area (Å²) in [4.78, 5) is 32.3. The molecule has 1 aliphatic carbocycles. The van der Waals surface area contributed by atoms with Crippen LogP contribution in [0.25, 0.3) is 11.2 Å². The predicted molar refractivity (Wildman–Crippen MR) is 80.3 cm³/mol. The molecule has 0 radical (unpaired) electrons. The highest BCUT2D eigenvalue weighted by molar-refractivity contribution is 5.70. The fourth-order valence-electron chi connectivity index (χ4n) is 2.45. The third-order valence-corrected chi connectivity index (χ3v) is 3.55. The fourth-order valence-corrected chi connectivity index (χ4v) is 2.45. The molecule has 0 bridgehead atoms. The Kier molecular flexibility index (Phi) is 3.42. The number of nitrogens with one attached hydrogen (secondary N) is 1. The van der Waals surface area contributed by atoms with Crippen LogP contribution in [0, 0.1) is 11.8 Å². The van der Waals surface area contributed by atoms with Crippen molar-refractivity contribution in [3.63, 3.8) is 0 Å². The van der Waals surface area contributed by atoms with Gasteiger partial charge in [-0.05, 0) is 25.2 Å². The van der Waals surface area contributed by atoms with Gasteiger partial charge in [-0.15, -0.1) is 0 Å². The molecule has 3 rings (SSSR count). The number of aromatic nitrogens is 4. The Morgan fingerprint density at radius 3 is 2.71 bits per heavy atom. The average molecular weight is 286 g/mol. The minimum Gasteiger partial charge on any atom is -0.325 e. The van der Waals surface area contributed by atoms with Crippen LogP contribution in [0.2, 0.25) is 0 Å². The van der Waals surface area contributed by atoms with Crippen LogP contribution in [0.4, 0.5) is 0 Å². The first-order chi connectivity index (χ1) is 10.2. The number of fused-ring (bicyclic) bond motifs is 1. The molecule has 2 aromatic rings. The van der Waals surface area contributed by atoms with Gasteiger partial charge in [-0.1, -0.05) is 19.8 Å². The van der Waals surface area contributed by atoms with Crippen LogP contribution in [0.1, 0.15) is 51.4 Å². The number of nitrogens with zero attached hydrogens (tertiary/aromatic N) is 3. The molecule has 1 saturated carbocycles. The number of hydrogen-bond donors (Lipinski definition) is 1. The SMILES string of the molecule is CCC#Cc1nc2c([nH]1)c(=O)n(C1CC1)c(=O)n2CCC. The molecule has 0 aliphatic heterocycles. The van der Waals surface area contributed by atoms with Gasteiger partial charge in [0.15, 0.2) is 17.0 Å². The van der Waals surface area contributed by atoms with Crippen LogP contribution in [0.3, 0.4) is 0 Å². The maximum Gasteiger partial charge on any atom is 0.333 e. The third kappa shape index (κ3) is 2.29. The number of imidazole rings is 1. The van der Waals surface area contributed by atoms with E-state index in [0.717, 1.165) is 19.3 Å². The van der Waals surface area contributed by atoms with E-state index in [0.29, 0.717) is 30.0 Å². The molecule has 1 fully saturated rings. The summed E-state index contributed by atoms with van der Waals surface area (Å²) in [5, 5.41) is 0. The van der Waals surface area contributed by atoms with Crippen molar-refractivity contribution in [2.45, 2.75) is 52.1 Å². The van der Waals surface area contributed by atoms with Crippen LogP contribution in [-0.4, -0.2) is 19.1 Å². The molecular weight excluding hydrogens is 268 g/mol. The summed E-state index contributed by atoms with van der Waals surface area (Å²) >= 11 is 0. The van der Waals surface area contributed by atoms with Gasteiger partial charge in [0, 0.05) is 19.0 Å². The van der Waals surface area contributed by atoms with E-state index in [4.69, 9.17) is 0 Å². The number of hydrogen-bond acceptors (Lipinski definition) is 3. The lowest BCUT2D eigenvalue weighted by Crippen LogP contribution is -2.39. The molecular formula is C15H18N4O2. The van der Waals surface area contributed by atoms with E-state index >= 15 is 0 Å². The number of rotatable bonds is 3. The first-order valence-electron chi connectivity index (χ1n) is 7.41. The molecule has 0 unspecified atom stereocenters. The van der Waals surface area contributed by atoms with Crippen molar-refractivity contribution in [1.82, 2.24) is 19.1 Å². The Labute approximate surface area is 121 Å². The van der Waals surface area contributed by atoms with E-state index in [1.807, 2.05) is 13.8 Å². The molecule has 0 amide bonds. The molecule has 0 spiro atoms. The summed E-state index contributed by atoms with van der Waals surface area (Å²) in [6.07, 6.45) is 3.30. The molecule has 0 aromatic carbocycles. The van der Waals surface area contributed by atoms with Crippen LogP contribution in [-0.2, 0) is 6.54 Å². The molecule has 6 heteroatoms. The smallest absolute Gasteiger partial charge is 0.325 e. The largest absolute Gasteiger partial charge is 0.333 e. The summed E-state index contributed by atoms with van der Waals surface area (Å²) in [5.74, 6) is 6.25. The topological polar surface area (TPSA) is 72.7 Å². The van der Waals surface area contributed by atoms with Gasteiger partial charge in [0.2, 0.25) is 0 Å². The van der Waals surface area contributed by atoms with Gasteiger partial charge in [-0.2, -0.15) is 0 Å². The molecule has 6 nitrogen and oxygen atoms in total. The molecule has 1 aliphatic rings. The van der Waals surface area contributed by atoms with Crippen molar-refractivity contribution >= 4 is 11.2 Å². The van der Waals surface area contributed by atoms with Gasteiger partial charge in [-0.25, -0.2) is 9.78 Å². The predicted octanol–water partition coefficient (Wildman–Crippen LogP) is 1.39. The highest BCUT2D eigenvalue weighted by Crippen LogP contribution is 2.32. The minimum atomic E-state index is -0.276. The van der Waals surface area contributed by atoms with Crippen LogP contribution < -0.4 is 11.2 Å². The van der Waals surface area contributed by atoms with Crippen LogP contribution >= 0.6 is 0 Å². The van der Waals surface area contributed by atoms with Gasteiger partial charge in [0.1, 0.15) is 0 Å². The van der Waals surface area contributed by atoms with Crippen molar-refractivity contribution < 1.29 is 0 Å². The number of aromatic amines is 1. The van der Waals surface area contributed by atoms with Crippen molar-refractivity contribution in [2.24, 2.45) is 0 Å². The molecule has 2 heterocycles. The Balaban J connectivity index is 2.31. The van der Waals surface area contributed by atoms with Crippen LogP contribution in [0.5, 0.6) is 0 Å². The number of aryl methyl sites for hydroxylation is 1. The maximum absolute atomic E-state index is 12.5. The van der Waals surface area contributed by atoms with Crippen molar-refractivity contribution in [1.29, 1.82) is 0 Å². The van der Waals surface area contributed by atoms with E-state index in [9.17, 15) is 9.59 Å². The summed E-state index contributed by atoms with van der Waals surface area (Å²) < 4.78 is 2.95. The zero-order valence-electron chi connectivity index (χ0n) is 12.3. The zero-order valence-corrected chi connectivity index (χ0v) is 12.3. The second-order valence-electron chi connectivity index (χ2n) is 5.28. The fraction of sp³-hybridized carbons (Fsp3) is 0.533. The van der Waals surface area contributed by atoms with Crippen molar-refractivity contribution in [3.05, 3.63) is 26.7 Å². The quantitative estimate of drug-likeness (QED) is 0.867. The van der Waals surface area contributed by atoms with E-state index in [-0.39, 0.29) is 17.3 Å². The van der Waals surface area contributed by atoms with Gasteiger partial charge in [0.25, 0.3) is 5.56 Å². The van der Waals surface area contributed by atoms with Crippen molar-refractivity contribution in [3.8, 4) is 11.8 Å². The lowest BCUT2D eigenvalue weighted by Gasteiger charge is -2.09. The van der Waals surface area contributed by atoms with E-state index in [1.54, 1.807) is 4.57 Å². The molecule has 2 aromatic heterocycles. The van der Waals surface area contributed by atoms with Crippen molar-refractivity contribution in [2.75, 3.05) is 0 Å².